The van der Waals surface area contributed by atoms with Gasteiger partial charge in [0.15, 0.2) is 0 Å². The minimum atomic E-state index is -0.462. The van der Waals surface area contributed by atoms with Gasteiger partial charge in [-0.05, 0) is 30.3 Å². The van der Waals surface area contributed by atoms with Gasteiger partial charge in [0.25, 0.3) is 5.69 Å². The number of non-ortho nitro benzene ring substituents is 1. The molecule has 0 unspecified atom stereocenters. The number of anilines is 2. The second kappa shape index (κ2) is 5.76. The summed E-state index contributed by atoms with van der Waals surface area (Å²) in [6.45, 7) is 0. The Kier molecular flexibility index (Phi) is 3.43. The Balaban J connectivity index is 1.90. The molecule has 0 saturated carbocycles. The van der Waals surface area contributed by atoms with E-state index in [9.17, 15) is 14.9 Å². The minimum absolute atomic E-state index is 0.0253. The average Bonchev–Trinajstić information content (AvgIpc) is 2.62. The first kappa shape index (κ1) is 14.9. The van der Waals surface area contributed by atoms with Crippen LogP contribution in [-0.4, -0.2) is 4.92 Å². The first-order valence-corrected chi connectivity index (χ1v) is 7.59. The summed E-state index contributed by atoms with van der Waals surface area (Å²) >= 11 is 0. The number of rotatable bonds is 3. The third kappa shape index (κ3) is 2.59. The third-order valence-electron chi connectivity index (χ3n) is 3.94. The number of hydrogen-bond donors (Lipinski definition) is 1. The van der Waals surface area contributed by atoms with Gasteiger partial charge in [-0.1, -0.05) is 24.3 Å². The smallest absolute Gasteiger partial charge is 0.271 e. The lowest BCUT2D eigenvalue weighted by Gasteiger charge is -2.09. The summed E-state index contributed by atoms with van der Waals surface area (Å²) in [5.41, 5.74) is 1.87. The molecule has 4 rings (SSSR count). The monoisotopic (exact) mass is 332 g/mol. The lowest BCUT2D eigenvalue weighted by atomic mass is 10.1. The molecule has 0 bridgehead atoms. The molecule has 6 nitrogen and oxygen atoms in total. The highest BCUT2D eigenvalue weighted by Crippen LogP contribution is 2.28. The predicted octanol–water partition coefficient (Wildman–Crippen LogP) is 4.60. The van der Waals surface area contributed by atoms with Crippen molar-refractivity contribution in [3.05, 3.63) is 87.1 Å². The zero-order chi connectivity index (χ0) is 17.4. The fraction of sp³-hybridized carbons (Fsp3) is 0. The van der Waals surface area contributed by atoms with Gasteiger partial charge >= 0.3 is 0 Å². The number of fused-ring (bicyclic) bond motifs is 2. The number of nitro groups is 1. The van der Waals surface area contributed by atoms with E-state index in [0.717, 1.165) is 0 Å². The van der Waals surface area contributed by atoms with Crippen molar-refractivity contribution in [3.63, 3.8) is 0 Å². The van der Waals surface area contributed by atoms with E-state index in [4.69, 9.17) is 4.42 Å². The topological polar surface area (TPSA) is 85.4 Å². The molecule has 0 aliphatic heterocycles. The Morgan fingerprint density at radius 1 is 0.920 bits per heavy atom. The number of hydrogen-bond acceptors (Lipinski definition) is 5. The fourth-order valence-electron chi connectivity index (χ4n) is 2.80. The molecule has 0 fully saturated rings. The van der Waals surface area contributed by atoms with Gasteiger partial charge in [0, 0.05) is 17.8 Å². The average molecular weight is 332 g/mol. The number of para-hydroxylation sites is 1. The van der Waals surface area contributed by atoms with Crippen LogP contribution < -0.4 is 10.7 Å². The van der Waals surface area contributed by atoms with Crippen LogP contribution in [0.5, 0.6) is 0 Å². The van der Waals surface area contributed by atoms with Crippen LogP contribution in [0.4, 0.5) is 17.1 Å². The van der Waals surface area contributed by atoms with Crippen molar-refractivity contribution >= 4 is 39.0 Å². The van der Waals surface area contributed by atoms with E-state index in [-0.39, 0.29) is 11.1 Å². The largest absolute Gasteiger partial charge is 0.456 e. The van der Waals surface area contributed by atoms with Gasteiger partial charge < -0.3 is 9.73 Å². The van der Waals surface area contributed by atoms with Crippen LogP contribution in [0.25, 0.3) is 21.9 Å². The van der Waals surface area contributed by atoms with Crippen molar-refractivity contribution in [1.82, 2.24) is 0 Å². The van der Waals surface area contributed by atoms with Crippen LogP contribution >= 0.6 is 0 Å². The van der Waals surface area contributed by atoms with Gasteiger partial charge in [-0.2, -0.15) is 0 Å². The first-order valence-electron chi connectivity index (χ1n) is 7.59. The van der Waals surface area contributed by atoms with E-state index in [0.29, 0.717) is 33.3 Å². The molecule has 0 radical (unpaired) electrons. The summed E-state index contributed by atoms with van der Waals surface area (Å²) in [4.78, 5) is 23.3. The Hall–Kier alpha value is -3.67. The molecule has 0 saturated heterocycles. The van der Waals surface area contributed by atoms with Crippen LogP contribution in [0.3, 0.4) is 0 Å². The number of nitrogens with zero attached hydrogens (tertiary/aromatic N) is 1. The highest BCUT2D eigenvalue weighted by molar-refractivity contribution is 5.98. The van der Waals surface area contributed by atoms with E-state index < -0.39 is 4.92 Å². The SMILES string of the molecule is O=c1c2ccccc2oc2cccc(Nc3cccc([N+](=O)[O-])c3)c12. The normalized spacial score (nSPS) is 10.9. The van der Waals surface area contributed by atoms with Crippen LogP contribution in [0, 0.1) is 10.1 Å². The Labute approximate surface area is 141 Å². The minimum Gasteiger partial charge on any atom is -0.456 e. The summed E-state index contributed by atoms with van der Waals surface area (Å²) in [7, 11) is 0. The Morgan fingerprint density at radius 2 is 1.68 bits per heavy atom. The maximum atomic E-state index is 12.9. The molecule has 1 N–H and O–H groups in total. The highest BCUT2D eigenvalue weighted by atomic mass is 16.6. The molecule has 4 aromatic rings. The predicted molar refractivity (Wildman–Crippen MR) is 96.4 cm³/mol. The molecular formula is C19H12N2O4. The second-order valence-electron chi connectivity index (χ2n) is 5.54. The maximum Gasteiger partial charge on any atom is 0.271 e. The molecule has 122 valence electrons. The van der Waals surface area contributed by atoms with Crippen molar-refractivity contribution in [2.75, 3.05) is 5.32 Å². The van der Waals surface area contributed by atoms with E-state index in [2.05, 4.69) is 5.32 Å². The fourth-order valence-corrected chi connectivity index (χ4v) is 2.80. The summed E-state index contributed by atoms with van der Waals surface area (Å²) < 4.78 is 5.82. The van der Waals surface area contributed by atoms with Crippen molar-refractivity contribution in [1.29, 1.82) is 0 Å². The molecule has 6 heteroatoms. The molecule has 0 amide bonds. The molecule has 0 atom stereocenters. The van der Waals surface area contributed by atoms with Gasteiger partial charge in [-0.15, -0.1) is 0 Å². The quantitative estimate of drug-likeness (QED) is 0.337. The van der Waals surface area contributed by atoms with E-state index in [1.54, 1.807) is 48.5 Å². The molecule has 3 aromatic carbocycles. The molecule has 1 heterocycles. The van der Waals surface area contributed by atoms with Gasteiger partial charge in [0.2, 0.25) is 5.43 Å². The molecule has 1 aromatic heterocycles. The van der Waals surface area contributed by atoms with E-state index in [1.807, 2.05) is 6.07 Å². The third-order valence-corrected chi connectivity index (χ3v) is 3.94. The lowest BCUT2D eigenvalue weighted by molar-refractivity contribution is -0.384. The lowest BCUT2D eigenvalue weighted by Crippen LogP contribution is -2.05. The number of nitrogens with one attached hydrogen (secondary N) is 1. The van der Waals surface area contributed by atoms with Crippen molar-refractivity contribution in [2.45, 2.75) is 0 Å². The van der Waals surface area contributed by atoms with Crippen molar-refractivity contribution in [2.24, 2.45) is 0 Å². The maximum absolute atomic E-state index is 12.9. The van der Waals surface area contributed by atoms with Crippen molar-refractivity contribution < 1.29 is 9.34 Å². The Bertz CT molecular complexity index is 1180. The second-order valence-corrected chi connectivity index (χ2v) is 5.54. The zero-order valence-electron chi connectivity index (χ0n) is 12.9. The van der Waals surface area contributed by atoms with Gasteiger partial charge in [-0.25, -0.2) is 0 Å². The van der Waals surface area contributed by atoms with Crippen LogP contribution in [0.15, 0.2) is 75.9 Å². The molecule has 0 aliphatic carbocycles. The molecule has 0 aliphatic rings. The highest BCUT2D eigenvalue weighted by Gasteiger charge is 2.12. The summed E-state index contributed by atoms with van der Waals surface area (Å²) in [6, 6.07) is 18.4. The number of benzene rings is 3. The van der Waals surface area contributed by atoms with E-state index in [1.165, 1.54) is 12.1 Å². The van der Waals surface area contributed by atoms with Gasteiger partial charge in [0.05, 0.1) is 21.4 Å². The summed E-state index contributed by atoms with van der Waals surface area (Å²) in [5.74, 6) is 0. The van der Waals surface area contributed by atoms with Crippen molar-refractivity contribution in [3.8, 4) is 0 Å². The van der Waals surface area contributed by atoms with Crippen LogP contribution in [0.2, 0.25) is 0 Å². The molecular weight excluding hydrogens is 320 g/mol. The summed E-state index contributed by atoms with van der Waals surface area (Å²) in [5, 5.41) is 14.9. The first-order chi connectivity index (χ1) is 12.1. The Morgan fingerprint density at radius 3 is 2.52 bits per heavy atom. The van der Waals surface area contributed by atoms with Gasteiger partial charge in [-0.3, -0.25) is 14.9 Å². The van der Waals surface area contributed by atoms with Crippen LogP contribution in [0.1, 0.15) is 0 Å². The number of nitro benzene ring substituents is 1. The molecule has 25 heavy (non-hydrogen) atoms. The van der Waals surface area contributed by atoms with E-state index >= 15 is 0 Å². The zero-order valence-corrected chi connectivity index (χ0v) is 12.9. The van der Waals surface area contributed by atoms with Crippen LogP contribution in [-0.2, 0) is 0 Å². The summed E-state index contributed by atoms with van der Waals surface area (Å²) in [6.07, 6.45) is 0. The van der Waals surface area contributed by atoms with Gasteiger partial charge in [0.1, 0.15) is 11.2 Å². The molecule has 0 spiro atoms. The standard InChI is InChI=1S/C19H12N2O4/c22-19-14-7-1-2-9-16(14)25-17-10-4-8-15(18(17)19)20-12-5-3-6-13(11-12)21(23)24/h1-11,20H.